The van der Waals surface area contributed by atoms with Gasteiger partial charge < -0.3 is 10.1 Å². The number of thiazole rings is 1. The number of rotatable bonds is 8. The van der Waals surface area contributed by atoms with Gasteiger partial charge in [0.2, 0.25) is 0 Å². The van der Waals surface area contributed by atoms with Gasteiger partial charge in [-0.05, 0) is 13.5 Å². The number of nitrogens with zero attached hydrogens (tertiary/aromatic N) is 3. The Hall–Kier alpha value is -0.950. The van der Waals surface area contributed by atoms with Gasteiger partial charge in [0.05, 0.1) is 41.1 Å². The number of aromatic nitrogens is 3. The molecule has 0 radical (unpaired) electrons. The molecule has 1 N–H and O–H groups in total. The molecule has 0 fully saturated rings. The summed E-state index contributed by atoms with van der Waals surface area (Å²) in [7, 11) is 1.69. The summed E-state index contributed by atoms with van der Waals surface area (Å²) >= 11 is 8.03. The predicted octanol–water partition coefficient (Wildman–Crippen LogP) is 2.84. The molecule has 116 valence electrons. The Morgan fingerprint density at radius 2 is 2.33 bits per heavy atom. The molecule has 2 heterocycles. The molecule has 0 saturated heterocycles. The maximum absolute atomic E-state index is 6.34. The molecule has 0 aliphatic carbocycles. The smallest absolute Gasteiger partial charge is 0.0947 e. The third-order valence-corrected chi connectivity index (χ3v) is 4.45. The van der Waals surface area contributed by atoms with Crippen LogP contribution in [-0.2, 0) is 17.7 Å². The zero-order chi connectivity index (χ0) is 15.2. The van der Waals surface area contributed by atoms with Crippen molar-refractivity contribution in [2.24, 2.45) is 0 Å². The van der Waals surface area contributed by atoms with Crippen LogP contribution in [0.25, 0.3) is 0 Å². The van der Waals surface area contributed by atoms with E-state index in [-0.39, 0.29) is 6.04 Å². The molecule has 0 aromatic carbocycles. The van der Waals surface area contributed by atoms with Gasteiger partial charge >= 0.3 is 0 Å². The van der Waals surface area contributed by atoms with Crippen LogP contribution in [0.1, 0.15) is 29.4 Å². The molecule has 0 aliphatic heterocycles. The lowest BCUT2D eigenvalue weighted by molar-refractivity contribution is 0.181. The van der Waals surface area contributed by atoms with Gasteiger partial charge in [0.15, 0.2) is 0 Å². The minimum absolute atomic E-state index is 0.104. The van der Waals surface area contributed by atoms with Crippen LogP contribution in [0.5, 0.6) is 0 Å². The maximum atomic E-state index is 6.34. The van der Waals surface area contributed by atoms with Gasteiger partial charge in [-0.15, -0.1) is 11.3 Å². The Labute approximate surface area is 134 Å². The Morgan fingerprint density at radius 3 is 2.95 bits per heavy atom. The SMILES string of the molecule is CCNC(Cc1nc(C)cs1)c1c(Cl)cnn1CCOC. The Bertz CT molecular complexity index is 569. The van der Waals surface area contributed by atoms with E-state index in [1.165, 1.54) is 0 Å². The highest BCUT2D eigenvalue weighted by molar-refractivity contribution is 7.09. The van der Waals surface area contributed by atoms with Gasteiger partial charge in [-0.25, -0.2) is 4.98 Å². The van der Waals surface area contributed by atoms with Crippen molar-refractivity contribution in [3.63, 3.8) is 0 Å². The normalized spacial score (nSPS) is 12.8. The predicted molar refractivity (Wildman–Crippen MR) is 86.1 cm³/mol. The van der Waals surface area contributed by atoms with E-state index in [1.807, 2.05) is 11.6 Å². The van der Waals surface area contributed by atoms with E-state index < -0.39 is 0 Å². The Balaban J connectivity index is 2.22. The second-order valence-electron chi connectivity index (χ2n) is 4.79. The van der Waals surface area contributed by atoms with E-state index in [9.17, 15) is 0 Å². The highest BCUT2D eigenvalue weighted by Crippen LogP contribution is 2.26. The minimum Gasteiger partial charge on any atom is -0.383 e. The van der Waals surface area contributed by atoms with Crippen molar-refractivity contribution < 1.29 is 4.74 Å². The lowest BCUT2D eigenvalue weighted by Gasteiger charge is -2.19. The van der Waals surface area contributed by atoms with Crippen LogP contribution in [-0.4, -0.2) is 35.0 Å². The average molecular weight is 329 g/mol. The van der Waals surface area contributed by atoms with Gasteiger partial charge in [0.25, 0.3) is 0 Å². The first-order chi connectivity index (χ1) is 10.2. The summed E-state index contributed by atoms with van der Waals surface area (Å²) in [5, 5.41) is 11.7. The van der Waals surface area contributed by atoms with Crippen LogP contribution in [0.3, 0.4) is 0 Å². The second-order valence-corrected chi connectivity index (χ2v) is 6.14. The number of hydrogen-bond donors (Lipinski definition) is 1. The summed E-state index contributed by atoms with van der Waals surface area (Å²) in [6, 6.07) is 0.104. The first kappa shape index (κ1) is 16.4. The third kappa shape index (κ3) is 4.26. The summed E-state index contributed by atoms with van der Waals surface area (Å²) < 4.78 is 7.05. The van der Waals surface area contributed by atoms with Crippen LogP contribution < -0.4 is 5.32 Å². The van der Waals surface area contributed by atoms with Gasteiger partial charge in [0.1, 0.15) is 0 Å². The monoisotopic (exact) mass is 328 g/mol. The largest absolute Gasteiger partial charge is 0.383 e. The average Bonchev–Trinajstić information content (AvgIpc) is 3.02. The highest BCUT2D eigenvalue weighted by atomic mass is 35.5. The molecule has 0 saturated carbocycles. The summed E-state index contributed by atoms with van der Waals surface area (Å²) in [5.74, 6) is 0. The second kappa shape index (κ2) is 7.89. The number of aryl methyl sites for hydroxylation is 1. The topological polar surface area (TPSA) is 52.0 Å². The van der Waals surface area contributed by atoms with Crippen LogP contribution in [0.4, 0.5) is 0 Å². The summed E-state index contributed by atoms with van der Waals surface area (Å²) in [6.45, 7) is 6.26. The maximum Gasteiger partial charge on any atom is 0.0947 e. The van der Waals surface area contributed by atoms with E-state index in [2.05, 4.69) is 27.7 Å². The summed E-state index contributed by atoms with van der Waals surface area (Å²) in [5.41, 5.74) is 2.06. The zero-order valence-corrected chi connectivity index (χ0v) is 14.2. The van der Waals surface area contributed by atoms with E-state index in [1.54, 1.807) is 24.6 Å². The Kier molecular flexibility index (Phi) is 6.17. The van der Waals surface area contributed by atoms with Crippen LogP contribution in [0.15, 0.2) is 11.6 Å². The van der Waals surface area contributed by atoms with E-state index >= 15 is 0 Å². The molecule has 0 aliphatic rings. The molecular formula is C14H21ClN4OS. The van der Waals surface area contributed by atoms with Crippen LogP contribution in [0, 0.1) is 6.92 Å². The van der Waals surface area contributed by atoms with Crippen molar-refractivity contribution in [3.8, 4) is 0 Å². The molecule has 2 aromatic rings. The van der Waals surface area contributed by atoms with Crippen molar-refractivity contribution >= 4 is 22.9 Å². The van der Waals surface area contributed by atoms with Crippen molar-refractivity contribution in [1.82, 2.24) is 20.1 Å². The number of nitrogens with one attached hydrogen (secondary N) is 1. The standard InChI is InChI=1S/C14H21ClN4OS/c1-4-16-12(7-13-18-10(2)9-21-13)14-11(15)8-17-19(14)5-6-20-3/h8-9,12,16H,4-7H2,1-3H3. The van der Waals surface area contributed by atoms with E-state index in [0.717, 1.165) is 29.4 Å². The van der Waals surface area contributed by atoms with E-state index in [0.29, 0.717) is 18.2 Å². The molecular weight excluding hydrogens is 308 g/mol. The number of halogens is 1. The fraction of sp³-hybridized carbons (Fsp3) is 0.571. The van der Waals surface area contributed by atoms with Crippen molar-refractivity contribution in [3.05, 3.63) is 33.0 Å². The number of hydrogen-bond acceptors (Lipinski definition) is 5. The lowest BCUT2D eigenvalue weighted by Crippen LogP contribution is -2.26. The third-order valence-electron chi connectivity index (χ3n) is 3.17. The van der Waals surface area contributed by atoms with Crippen LogP contribution in [0.2, 0.25) is 5.02 Å². The molecule has 5 nitrogen and oxygen atoms in total. The number of ether oxygens (including phenoxy) is 1. The van der Waals surface area contributed by atoms with Gasteiger partial charge in [-0.2, -0.15) is 5.10 Å². The van der Waals surface area contributed by atoms with Crippen molar-refractivity contribution in [2.75, 3.05) is 20.3 Å². The fourth-order valence-corrected chi connectivity index (χ4v) is 3.35. The molecule has 1 atom stereocenters. The summed E-state index contributed by atoms with van der Waals surface area (Å²) in [4.78, 5) is 4.55. The Morgan fingerprint density at radius 1 is 1.52 bits per heavy atom. The summed E-state index contributed by atoms with van der Waals surface area (Å²) in [6.07, 6.45) is 2.51. The lowest BCUT2D eigenvalue weighted by atomic mass is 10.1. The van der Waals surface area contributed by atoms with Gasteiger partial charge in [-0.1, -0.05) is 18.5 Å². The molecule has 0 spiro atoms. The fourth-order valence-electron chi connectivity index (χ4n) is 2.26. The minimum atomic E-state index is 0.104. The van der Waals surface area contributed by atoms with Crippen molar-refractivity contribution in [1.29, 1.82) is 0 Å². The molecule has 0 amide bonds. The molecule has 0 bridgehead atoms. The first-order valence-corrected chi connectivity index (χ1v) is 8.26. The van der Waals surface area contributed by atoms with E-state index in [4.69, 9.17) is 16.3 Å². The number of likely N-dealkylation sites (N-methyl/N-ethyl adjacent to an activating group) is 1. The van der Waals surface area contributed by atoms with Crippen molar-refractivity contribution in [2.45, 2.75) is 32.9 Å². The first-order valence-electron chi connectivity index (χ1n) is 7.00. The molecule has 2 rings (SSSR count). The molecule has 2 aromatic heterocycles. The number of methoxy groups -OCH3 is 1. The van der Waals surface area contributed by atoms with Crippen LogP contribution >= 0.6 is 22.9 Å². The van der Waals surface area contributed by atoms with Gasteiger partial charge in [0, 0.05) is 24.6 Å². The molecule has 1 unspecified atom stereocenters. The molecule has 21 heavy (non-hydrogen) atoms. The quantitative estimate of drug-likeness (QED) is 0.809. The highest BCUT2D eigenvalue weighted by Gasteiger charge is 2.21. The van der Waals surface area contributed by atoms with Gasteiger partial charge in [-0.3, -0.25) is 4.68 Å². The zero-order valence-electron chi connectivity index (χ0n) is 12.6. The molecule has 7 heteroatoms.